The summed E-state index contributed by atoms with van der Waals surface area (Å²) in [6.45, 7) is 5.14. The normalized spacial score (nSPS) is 25.9. The number of carboxylic acids is 1. The molecule has 2 aromatic heterocycles. The predicted octanol–water partition coefficient (Wildman–Crippen LogP) is 5.21. The molecule has 1 N–H and O–H groups in total. The zero-order valence-electron chi connectivity index (χ0n) is 24.1. The highest BCUT2D eigenvalue weighted by atomic mass is 35.5. The number of ether oxygens (including phenoxy) is 3. The summed E-state index contributed by atoms with van der Waals surface area (Å²) in [5.41, 5.74) is 2.23. The highest BCUT2D eigenvalue weighted by Crippen LogP contribution is 2.51. The molecule has 8 rings (SSSR count). The SMILES string of the molecule is C[C@]1(c2ccc(Cl)cn2)Oc2cccc(N3CCN(Cc4nc5c(F)cc(C(=O)O)cc5n4C[C@@H]4CCO4)[C@@H]4CC[C@H]43)c2O1. The molecule has 0 spiro atoms. The molecule has 0 amide bonds. The van der Waals surface area contributed by atoms with Crippen LogP contribution in [0.1, 0.15) is 48.1 Å². The number of benzene rings is 2. The molecule has 4 aromatic rings. The van der Waals surface area contributed by atoms with Crippen LogP contribution in [0.15, 0.2) is 48.7 Å². The lowest BCUT2D eigenvalue weighted by Gasteiger charge is -2.54. The number of rotatable bonds is 7. The van der Waals surface area contributed by atoms with E-state index in [0.717, 1.165) is 49.9 Å². The van der Waals surface area contributed by atoms with Crippen molar-refractivity contribution in [2.45, 2.75) is 63.3 Å². The lowest BCUT2D eigenvalue weighted by molar-refractivity contribution is -0.0717. The van der Waals surface area contributed by atoms with Crippen LogP contribution in [-0.4, -0.2) is 68.4 Å². The number of nitrogens with zero attached hydrogens (tertiary/aromatic N) is 5. The molecule has 5 heterocycles. The van der Waals surface area contributed by atoms with Crippen molar-refractivity contribution < 1.29 is 28.5 Å². The molecular formula is C32H31ClFN5O5. The van der Waals surface area contributed by atoms with Crippen LogP contribution in [0.4, 0.5) is 10.1 Å². The van der Waals surface area contributed by atoms with E-state index in [-0.39, 0.29) is 29.3 Å². The standard InChI is InChI=1S/C32H31ClFN5O5/c1-32(27-8-5-19(33)15-35-27)43-26-4-2-3-24(30(26)44-32)38-11-10-37(22-6-7-23(22)38)17-28-36-29-21(34)13-18(31(40)41)14-25(29)39(28)16-20-9-12-42-20/h2-5,8,13-15,20,22-23H,6-7,9-12,16-17H2,1H3,(H,40,41)/t20-,22+,23+,32-/m0/s1. The van der Waals surface area contributed by atoms with Crippen LogP contribution in [0, 0.1) is 5.82 Å². The third-order valence-electron chi connectivity index (χ3n) is 9.42. The number of hydrogen-bond donors (Lipinski definition) is 1. The van der Waals surface area contributed by atoms with Crippen molar-refractivity contribution in [2.24, 2.45) is 0 Å². The lowest BCUT2D eigenvalue weighted by Crippen LogP contribution is -2.64. The Morgan fingerprint density at radius 3 is 2.68 bits per heavy atom. The molecule has 0 radical (unpaired) electrons. The molecule has 3 aliphatic heterocycles. The van der Waals surface area contributed by atoms with Crippen molar-refractivity contribution in [3.63, 3.8) is 0 Å². The fraction of sp³-hybridized carbons (Fsp3) is 0.406. The summed E-state index contributed by atoms with van der Waals surface area (Å²) in [5.74, 6) is -0.753. The molecular weight excluding hydrogens is 589 g/mol. The van der Waals surface area contributed by atoms with Crippen molar-refractivity contribution in [1.29, 1.82) is 0 Å². The summed E-state index contributed by atoms with van der Waals surface area (Å²) in [7, 11) is 0. The Morgan fingerprint density at radius 2 is 1.98 bits per heavy atom. The minimum Gasteiger partial charge on any atom is -0.478 e. The van der Waals surface area contributed by atoms with Gasteiger partial charge in [-0.1, -0.05) is 17.7 Å². The second kappa shape index (κ2) is 10.3. The van der Waals surface area contributed by atoms with Crippen molar-refractivity contribution >= 4 is 34.3 Å². The zero-order valence-corrected chi connectivity index (χ0v) is 24.8. The molecule has 2 saturated heterocycles. The topological polar surface area (TPSA) is 102 Å². The van der Waals surface area contributed by atoms with Gasteiger partial charge in [0, 0.05) is 44.9 Å². The molecule has 228 valence electrons. The molecule has 4 aliphatic rings. The average Bonchev–Trinajstić information content (AvgIpc) is 3.49. The molecule has 1 aliphatic carbocycles. The molecule has 1 saturated carbocycles. The van der Waals surface area contributed by atoms with Gasteiger partial charge in [0.05, 0.1) is 41.0 Å². The molecule has 44 heavy (non-hydrogen) atoms. The van der Waals surface area contributed by atoms with Crippen LogP contribution in [-0.2, 0) is 23.6 Å². The van der Waals surface area contributed by atoms with E-state index < -0.39 is 17.6 Å². The molecule has 0 unspecified atom stereocenters. The van der Waals surface area contributed by atoms with Gasteiger partial charge in [-0.15, -0.1) is 0 Å². The second-order valence-corrected chi connectivity index (χ2v) is 12.5. The molecule has 4 atom stereocenters. The predicted molar refractivity (Wildman–Crippen MR) is 160 cm³/mol. The number of aromatic nitrogens is 3. The Kier molecular flexibility index (Phi) is 6.48. The fourth-order valence-corrected chi connectivity index (χ4v) is 7.01. The summed E-state index contributed by atoms with van der Waals surface area (Å²) < 4.78 is 35.5. The number of hydrogen-bond acceptors (Lipinski definition) is 8. The van der Waals surface area contributed by atoms with E-state index >= 15 is 4.39 Å². The lowest BCUT2D eigenvalue weighted by atomic mass is 9.81. The number of carboxylic acid groups (broad SMARTS) is 1. The van der Waals surface area contributed by atoms with Crippen molar-refractivity contribution in [3.05, 3.63) is 76.6 Å². The largest absolute Gasteiger partial charge is 0.478 e. The number of piperazine rings is 1. The van der Waals surface area contributed by atoms with Gasteiger partial charge in [-0.25, -0.2) is 14.2 Å². The van der Waals surface area contributed by atoms with Crippen molar-refractivity contribution in [2.75, 3.05) is 24.6 Å². The highest BCUT2D eigenvalue weighted by Gasteiger charge is 2.47. The zero-order chi connectivity index (χ0) is 30.2. The number of anilines is 1. The van der Waals surface area contributed by atoms with E-state index in [2.05, 4.69) is 20.9 Å². The van der Waals surface area contributed by atoms with Crippen molar-refractivity contribution in [1.82, 2.24) is 19.4 Å². The fourth-order valence-electron chi connectivity index (χ4n) is 6.90. The summed E-state index contributed by atoms with van der Waals surface area (Å²) >= 11 is 6.06. The Balaban J connectivity index is 1.06. The number of fused-ring (bicyclic) bond motifs is 3. The van der Waals surface area contributed by atoms with E-state index in [1.165, 1.54) is 6.07 Å². The third-order valence-corrected chi connectivity index (χ3v) is 9.64. The van der Waals surface area contributed by atoms with E-state index in [4.69, 9.17) is 30.8 Å². The van der Waals surface area contributed by atoms with Crippen molar-refractivity contribution in [3.8, 4) is 11.5 Å². The molecule has 3 fully saturated rings. The van der Waals surface area contributed by atoms with Gasteiger partial charge in [-0.05, 0) is 55.7 Å². The van der Waals surface area contributed by atoms with E-state index in [1.807, 2.05) is 29.7 Å². The number of para-hydroxylation sites is 1. The van der Waals surface area contributed by atoms with Crippen LogP contribution in [0.25, 0.3) is 11.0 Å². The highest BCUT2D eigenvalue weighted by molar-refractivity contribution is 6.30. The second-order valence-electron chi connectivity index (χ2n) is 12.0. The minimum atomic E-state index is -1.17. The maximum Gasteiger partial charge on any atom is 0.335 e. The first kappa shape index (κ1) is 27.6. The number of carbonyl (C=O) groups is 1. The first-order valence-corrected chi connectivity index (χ1v) is 15.3. The molecule has 10 nitrogen and oxygen atoms in total. The Bertz CT molecular complexity index is 1780. The van der Waals surface area contributed by atoms with Gasteiger partial charge in [-0.2, -0.15) is 0 Å². The van der Waals surface area contributed by atoms with Crippen LogP contribution >= 0.6 is 11.6 Å². The summed E-state index contributed by atoms with van der Waals surface area (Å²) in [5, 5.41) is 10.1. The smallest absolute Gasteiger partial charge is 0.335 e. The van der Waals surface area contributed by atoms with Gasteiger partial charge in [-0.3, -0.25) is 9.88 Å². The van der Waals surface area contributed by atoms with Crippen LogP contribution in [0.3, 0.4) is 0 Å². The van der Waals surface area contributed by atoms with Crippen LogP contribution in [0.2, 0.25) is 5.02 Å². The molecule has 0 bridgehead atoms. The van der Waals surface area contributed by atoms with Gasteiger partial charge in [0.15, 0.2) is 17.3 Å². The van der Waals surface area contributed by atoms with Crippen LogP contribution in [0.5, 0.6) is 11.5 Å². The third kappa shape index (κ3) is 4.48. The number of halogens is 2. The van der Waals surface area contributed by atoms with Gasteiger partial charge < -0.3 is 28.8 Å². The monoisotopic (exact) mass is 619 g/mol. The van der Waals surface area contributed by atoms with E-state index in [1.54, 1.807) is 12.3 Å². The van der Waals surface area contributed by atoms with E-state index in [9.17, 15) is 9.90 Å². The molecule has 2 aromatic carbocycles. The summed E-state index contributed by atoms with van der Waals surface area (Å²) in [4.78, 5) is 25.7. The summed E-state index contributed by atoms with van der Waals surface area (Å²) in [6, 6.07) is 12.7. The number of pyridine rings is 1. The summed E-state index contributed by atoms with van der Waals surface area (Å²) in [6.07, 6.45) is 4.56. The number of aromatic carboxylic acids is 1. The minimum absolute atomic E-state index is 0.00662. The van der Waals surface area contributed by atoms with E-state index in [0.29, 0.717) is 47.4 Å². The maximum atomic E-state index is 15.1. The first-order chi connectivity index (χ1) is 21.3. The van der Waals surface area contributed by atoms with Gasteiger partial charge in [0.1, 0.15) is 17.0 Å². The Morgan fingerprint density at radius 1 is 1.14 bits per heavy atom. The average molecular weight is 620 g/mol. The van der Waals surface area contributed by atoms with Crippen LogP contribution < -0.4 is 14.4 Å². The van der Waals surface area contributed by atoms with Gasteiger partial charge >= 0.3 is 5.97 Å². The Hall–Kier alpha value is -3.93. The molecule has 12 heteroatoms. The quantitative estimate of drug-likeness (QED) is 0.299. The Labute approximate surface area is 257 Å². The van der Waals surface area contributed by atoms with Gasteiger partial charge in [0.25, 0.3) is 5.79 Å². The van der Waals surface area contributed by atoms with Gasteiger partial charge in [0.2, 0.25) is 0 Å². The maximum absolute atomic E-state index is 15.1. The first-order valence-electron chi connectivity index (χ1n) is 14.9. The number of imidazole rings is 1.